The number of ether oxygens (including phenoxy) is 1. The van der Waals surface area contributed by atoms with Crippen LogP contribution >= 0.6 is 0 Å². The van der Waals surface area contributed by atoms with Crippen LogP contribution in [0.3, 0.4) is 0 Å². The average molecular weight is 387 g/mol. The van der Waals surface area contributed by atoms with Gasteiger partial charge in [0.1, 0.15) is 5.82 Å². The van der Waals surface area contributed by atoms with Gasteiger partial charge in [0.2, 0.25) is 5.88 Å². The minimum Gasteiger partial charge on any atom is -0.468 e. The van der Waals surface area contributed by atoms with Gasteiger partial charge in [0.15, 0.2) is 6.61 Å². The summed E-state index contributed by atoms with van der Waals surface area (Å²) in [4.78, 5) is 15.7. The molecule has 0 spiro atoms. The molecular weight excluding hydrogens is 370 g/mol. The van der Waals surface area contributed by atoms with E-state index in [2.05, 4.69) is 20.4 Å². The third-order valence-electron chi connectivity index (χ3n) is 3.45. The van der Waals surface area contributed by atoms with Crippen LogP contribution in [0.2, 0.25) is 0 Å². The summed E-state index contributed by atoms with van der Waals surface area (Å²) in [5, 5.41) is 14.4. The monoisotopic (exact) mass is 387 g/mol. The molecule has 2 aromatic rings. The molecule has 1 atom stereocenters. The Kier molecular flexibility index (Phi) is 6.56. The molecule has 1 heterocycles. The number of nitrogens with one attached hydrogen (secondary N) is 2. The number of halogens is 4. The molecule has 1 unspecified atom stereocenters. The van der Waals surface area contributed by atoms with Crippen LogP contribution in [0, 0.1) is 12.7 Å². The molecule has 1 aromatic heterocycles. The van der Waals surface area contributed by atoms with Crippen LogP contribution in [0.5, 0.6) is 5.88 Å². The number of carbonyl (C=O) groups excluding carboxylic acids is 1. The number of nitrogens with zero attached hydrogens (tertiary/aromatic N) is 1. The Labute approximate surface area is 152 Å². The standard InChI is InChI=1S/C17H17F4N3O3/c1-10-6-12(2-3-13(10)18)23-16(26)24-14(8-25)11-4-5-22-15(7-11)27-9-17(19,20)21/h2-7,14,25H,8-9H2,1H3,(H2,23,24,26). The van der Waals surface area contributed by atoms with E-state index in [0.717, 1.165) is 0 Å². The first-order valence-corrected chi connectivity index (χ1v) is 7.78. The molecule has 0 bridgehead atoms. The van der Waals surface area contributed by atoms with Gasteiger partial charge in [-0.2, -0.15) is 13.2 Å². The van der Waals surface area contributed by atoms with Gasteiger partial charge in [-0.25, -0.2) is 14.2 Å². The molecule has 2 rings (SSSR count). The van der Waals surface area contributed by atoms with Crippen LogP contribution in [0.25, 0.3) is 0 Å². The lowest BCUT2D eigenvalue weighted by molar-refractivity contribution is -0.154. The van der Waals surface area contributed by atoms with E-state index in [0.29, 0.717) is 16.8 Å². The topological polar surface area (TPSA) is 83.5 Å². The van der Waals surface area contributed by atoms with E-state index in [4.69, 9.17) is 0 Å². The van der Waals surface area contributed by atoms with Crippen molar-refractivity contribution >= 4 is 11.7 Å². The van der Waals surface area contributed by atoms with Crippen molar-refractivity contribution in [2.45, 2.75) is 19.1 Å². The summed E-state index contributed by atoms with van der Waals surface area (Å²) in [7, 11) is 0. The quantitative estimate of drug-likeness (QED) is 0.664. The van der Waals surface area contributed by atoms with Crippen LogP contribution in [-0.2, 0) is 0 Å². The smallest absolute Gasteiger partial charge is 0.422 e. The molecule has 0 fully saturated rings. The molecule has 27 heavy (non-hydrogen) atoms. The number of amides is 2. The molecule has 1 aromatic carbocycles. The van der Waals surface area contributed by atoms with Crippen molar-refractivity contribution in [3.05, 3.63) is 53.5 Å². The molecule has 10 heteroatoms. The average Bonchev–Trinajstić information content (AvgIpc) is 2.61. The normalized spacial score (nSPS) is 12.4. The third-order valence-corrected chi connectivity index (χ3v) is 3.45. The van der Waals surface area contributed by atoms with Crippen molar-refractivity contribution in [2.75, 3.05) is 18.5 Å². The van der Waals surface area contributed by atoms with Crippen LogP contribution in [0.1, 0.15) is 17.2 Å². The Balaban J connectivity index is 2.03. The van der Waals surface area contributed by atoms with E-state index in [-0.39, 0.29) is 5.88 Å². The molecule has 0 saturated carbocycles. The number of aliphatic hydroxyl groups is 1. The van der Waals surface area contributed by atoms with E-state index < -0.39 is 37.3 Å². The molecule has 0 saturated heterocycles. The van der Waals surface area contributed by atoms with E-state index in [1.54, 1.807) is 0 Å². The fraction of sp³-hybridized carbons (Fsp3) is 0.294. The highest BCUT2D eigenvalue weighted by Crippen LogP contribution is 2.20. The van der Waals surface area contributed by atoms with Crippen molar-refractivity contribution in [3.63, 3.8) is 0 Å². The first-order valence-electron chi connectivity index (χ1n) is 7.78. The number of aryl methyl sites for hydroxylation is 1. The summed E-state index contributed by atoms with van der Waals surface area (Å²) in [6.45, 7) is -0.488. The summed E-state index contributed by atoms with van der Waals surface area (Å²) in [6.07, 6.45) is -3.31. The molecule has 3 N–H and O–H groups in total. The Morgan fingerprint density at radius 1 is 1.30 bits per heavy atom. The zero-order valence-corrected chi connectivity index (χ0v) is 14.2. The SMILES string of the molecule is Cc1cc(NC(=O)NC(CO)c2ccnc(OCC(F)(F)F)c2)ccc1F. The van der Waals surface area contributed by atoms with E-state index in [1.165, 1.54) is 43.5 Å². The van der Waals surface area contributed by atoms with Gasteiger partial charge in [0.05, 0.1) is 12.6 Å². The maximum absolute atomic E-state index is 13.2. The lowest BCUT2D eigenvalue weighted by Gasteiger charge is -2.18. The Bertz CT molecular complexity index is 799. The summed E-state index contributed by atoms with van der Waals surface area (Å²) in [6, 6.07) is 5.00. The Hall–Kier alpha value is -2.88. The number of carbonyl (C=O) groups is 1. The van der Waals surface area contributed by atoms with Crippen LogP contribution in [0.15, 0.2) is 36.5 Å². The van der Waals surface area contributed by atoms with E-state index in [1.807, 2.05) is 0 Å². The minimum absolute atomic E-state index is 0.292. The maximum atomic E-state index is 13.2. The predicted molar refractivity (Wildman–Crippen MR) is 88.9 cm³/mol. The lowest BCUT2D eigenvalue weighted by Crippen LogP contribution is -2.34. The second kappa shape index (κ2) is 8.67. The van der Waals surface area contributed by atoms with Gasteiger partial charge in [0.25, 0.3) is 0 Å². The van der Waals surface area contributed by atoms with Crippen molar-refractivity contribution in [2.24, 2.45) is 0 Å². The second-order valence-electron chi connectivity index (χ2n) is 5.63. The van der Waals surface area contributed by atoms with Crippen LogP contribution in [-0.4, -0.2) is 35.5 Å². The number of hydrogen-bond acceptors (Lipinski definition) is 4. The Morgan fingerprint density at radius 3 is 2.67 bits per heavy atom. The number of alkyl halides is 3. The highest BCUT2D eigenvalue weighted by Gasteiger charge is 2.28. The third kappa shape index (κ3) is 6.41. The number of urea groups is 1. The number of anilines is 1. The highest BCUT2D eigenvalue weighted by molar-refractivity contribution is 5.89. The van der Waals surface area contributed by atoms with E-state index >= 15 is 0 Å². The summed E-state index contributed by atoms with van der Waals surface area (Å²) < 4.78 is 54.4. The second-order valence-corrected chi connectivity index (χ2v) is 5.63. The highest BCUT2D eigenvalue weighted by atomic mass is 19.4. The molecule has 146 valence electrons. The number of hydrogen-bond donors (Lipinski definition) is 3. The zero-order valence-electron chi connectivity index (χ0n) is 14.2. The lowest BCUT2D eigenvalue weighted by atomic mass is 10.1. The molecule has 6 nitrogen and oxygen atoms in total. The maximum Gasteiger partial charge on any atom is 0.422 e. The van der Waals surface area contributed by atoms with Gasteiger partial charge in [-0.05, 0) is 42.3 Å². The molecule has 0 aliphatic rings. The summed E-state index contributed by atoms with van der Waals surface area (Å²) in [5.74, 6) is -0.711. The number of benzene rings is 1. The molecule has 2 amide bonds. The number of pyridine rings is 1. The van der Waals surface area contributed by atoms with Crippen LogP contribution < -0.4 is 15.4 Å². The number of aliphatic hydroxyl groups excluding tert-OH is 1. The minimum atomic E-state index is -4.51. The number of rotatable bonds is 6. The predicted octanol–water partition coefficient (Wildman–Crippen LogP) is 3.33. The van der Waals surface area contributed by atoms with Gasteiger partial charge in [-0.3, -0.25) is 0 Å². The largest absolute Gasteiger partial charge is 0.468 e. The first-order chi connectivity index (χ1) is 12.7. The molecule has 0 radical (unpaired) electrons. The van der Waals surface area contributed by atoms with Crippen molar-refractivity contribution in [3.8, 4) is 5.88 Å². The van der Waals surface area contributed by atoms with Gasteiger partial charge in [0, 0.05) is 18.0 Å². The molecule has 0 aliphatic heterocycles. The van der Waals surface area contributed by atoms with Gasteiger partial charge < -0.3 is 20.5 Å². The fourth-order valence-electron chi connectivity index (χ4n) is 2.16. The van der Waals surface area contributed by atoms with Crippen molar-refractivity contribution < 1.29 is 32.2 Å². The van der Waals surface area contributed by atoms with E-state index in [9.17, 15) is 27.5 Å². The fourth-order valence-corrected chi connectivity index (χ4v) is 2.16. The summed E-state index contributed by atoms with van der Waals surface area (Å²) in [5.41, 5.74) is 0.981. The molecule has 0 aliphatic carbocycles. The first kappa shape index (κ1) is 20.4. The zero-order chi connectivity index (χ0) is 20.0. The van der Waals surface area contributed by atoms with Crippen LogP contribution in [0.4, 0.5) is 28.0 Å². The van der Waals surface area contributed by atoms with Gasteiger partial charge >= 0.3 is 12.2 Å². The van der Waals surface area contributed by atoms with Gasteiger partial charge in [-0.15, -0.1) is 0 Å². The van der Waals surface area contributed by atoms with Crippen molar-refractivity contribution in [1.82, 2.24) is 10.3 Å². The van der Waals surface area contributed by atoms with Gasteiger partial charge in [-0.1, -0.05) is 0 Å². The van der Waals surface area contributed by atoms with Crippen molar-refractivity contribution in [1.29, 1.82) is 0 Å². The molecular formula is C17H17F4N3O3. The number of aromatic nitrogens is 1. The summed E-state index contributed by atoms with van der Waals surface area (Å²) >= 11 is 0. The Morgan fingerprint density at radius 2 is 2.04 bits per heavy atom.